The Balaban J connectivity index is 2.94. The van der Waals surface area contributed by atoms with Crippen molar-refractivity contribution >= 4 is 5.69 Å². The molecular weight excluding hydrogens is 162 g/mol. The van der Waals surface area contributed by atoms with Gasteiger partial charge in [0, 0.05) is 11.3 Å². The fourth-order valence-corrected chi connectivity index (χ4v) is 1.12. The maximum absolute atomic E-state index is 9.49. The van der Waals surface area contributed by atoms with Crippen molar-refractivity contribution in [2.75, 3.05) is 5.73 Å². The van der Waals surface area contributed by atoms with E-state index in [-0.39, 0.29) is 5.75 Å². The molecule has 0 fully saturated rings. The maximum atomic E-state index is 9.49. The first-order valence-corrected chi connectivity index (χ1v) is 4.31. The molecule has 0 aromatic heterocycles. The molecule has 13 heavy (non-hydrogen) atoms. The molecule has 0 atom stereocenters. The van der Waals surface area contributed by atoms with E-state index in [4.69, 9.17) is 5.73 Å². The van der Waals surface area contributed by atoms with Crippen molar-refractivity contribution in [3.63, 3.8) is 0 Å². The molecule has 2 nitrogen and oxygen atoms in total. The van der Waals surface area contributed by atoms with Crippen LogP contribution in [-0.2, 0) is 6.42 Å². The average molecular weight is 177 g/mol. The van der Waals surface area contributed by atoms with Gasteiger partial charge >= 0.3 is 0 Å². The van der Waals surface area contributed by atoms with Gasteiger partial charge in [-0.2, -0.15) is 0 Å². The fourth-order valence-electron chi connectivity index (χ4n) is 1.12. The van der Waals surface area contributed by atoms with Crippen molar-refractivity contribution < 1.29 is 5.11 Å². The highest BCUT2D eigenvalue weighted by Crippen LogP contribution is 2.23. The average Bonchev–Trinajstić information content (AvgIpc) is 2.03. The van der Waals surface area contributed by atoms with Crippen molar-refractivity contribution in [2.24, 2.45) is 0 Å². The largest absolute Gasteiger partial charge is 0.508 e. The Kier molecular flexibility index (Phi) is 2.96. The van der Waals surface area contributed by atoms with Gasteiger partial charge in [-0.3, -0.25) is 0 Å². The number of rotatable bonds is 2. The van der Waals surface area contributed by atoms with Gasteiger partial charge in [0.2, 0.25) is 0 Å². The number of benzene rings is 1. The maximum Gasteiger partial charge on any atom is 0.121 e. The second-order valence-corrected chi connectivity index (χ2v) is 3.33. The summed E-state index contributed by atoms with van der Waals surface area (Å²) in [4.78, 5) is 0. The number of phenols is 1. The molecule has 0 saturated carbocycles. The van der Waals surface area contributed by atoms with Gasteiger partial charge in [0.1, 0.15) is 5.75 Å². The number of hydrogen-bond donors (Lipinski definition) is 2. The first-order valence-electron chi connectivity index (χ1n) is 4.31. The van der Waals surface area contributed by atoms with Crippen LogP contribution in [0.5, 0.6) is 5.75 Å². The lowest BCUT2D eigenvalue weighted by Crippen LogP contribution is -1.93. The highest BCUT2D eigenvalue weighted by atomic mass is 16.3. The molecule has 2 heteroatoms. The number of phenolic OH excluding ortho intramolecular Hbond substituents is 1. The SMILES string of the molecule is CC(C)=CCc1c(N)cccc1O. The lowest BCUT2D eigenvalue weighted by molar-refractivity contribution is 0.470. The van der Waals surface area contributed by atoms with Crippen LogP contribution in [0.4, 0.5) is 5.69 Å². The summed E-state index contributed by atoms with van der Waals surface area (Å²) in [6.45, 7) is 4.05. The Labute approximate surface area is 78.7 Å². The van der Waals surface area contributed by atoms with Crippen LogP contribution in [0.1, 0.15) is 19.4 Å². The molecule has 0 spiro atoms. The Morgan fingerprint density at radius 2 is 2.15 bits per heavy atom. The van der Waals surface area contributed by atoms with E-state index in [1.54, 1.807) is 18.2 Å². The normalized spacial score (nSPS) is 9.69. The number of nitrogens with two attached hydrogens (primary N) is 1. The van der Waals surface area contributed by atoms with E-state index < -0.39 is 0 Å². The van der Waals surface area contributed by atoms with Crippen LogP contribution in [0.25, 0.3) is 0 Å². The van der Waals surface area contributed by atoms with Gasteiger partial charge in [0.05, 0.1) is 0 Å². The molecule has 0 heterocycles. The molecule has 0 aliphatic rings. The lowest BCUT2D eigenvalue weighted by atomic mass is 10.1. The summed E-state index contributed by atoms with van der Waals surface area (Å²) in [6, 6.07) is 5.20. The number of anilines is 1. The zero-order valence-corrected chi connectivity index (χ0v) is 8.04. The minimum atomic E-state index is 0.275. The summed E-state index contributed by atoms with van der Waals surface area (Å²) < 4.78 is 0. The zero-order valence-electron chi connectivity index (χ0n) is 8.04. The molecule has 0 bridgehead atoms. The van der Waals surface area contributed by atoms with Gasteiger partial charge in [0.15, 0.2) is 0 Å². The van der Waals surface area contributed by atoms with Crippen molar-refractivity contribution in [1.82, 2.24) is 0 Å². The third-order valence-electron chi connectivity index (χ3n) is 1.90. The topological polar surface area (TPSA) is 46.2 Å². The van der Waals surface area contributed by atoms with E-state index in [1.807, 2.05) is 19.9 Å². The number of hydrogen-bond acceptors (Lipinski definition) is 2. The van der Waals surface area contributed by atoms with E-state index in [1.165, 1.54) is 5.57 Å². The smallest absolute Gasteiger partial charge is 0.121 e. The third kappa shape index (κ3) is 2.51. The molecule has 1 rings (SSSR count). The summed E-state index contributed by atoms with van der Waals surface area (Å²) in [5, 5.41) is 9.49. The van der Waals surface area contributed by atoms with Gasteiger partial charge in [-0.15, -0.1) is 0 Å². The van der Waals surface area contributed by atoms with Crippen molar-refractivity contribution in [2.45, 2.75) is 20.3 Å². The highest BCUT2D eigenvalue weighted by molar-refractivity contribution is 5.54. The Morgan fingerprint density at radius 1 is 1.46 bits per heavy atom. The van der Waals surface area contributed by atoms with E-state index in [2.05, 4.69) is 0 Å². The van der Waals surface area contributed by atoms with Crippen LogP contribution in [0.2, 0.25) is 0 Å². The summed E-state index contributed by atoms with van der Waals surface area (Å²) in [7, 11) is 0. The molecule has 70 valence electrons. The fraction of sp³-hybridized carbons (Fsp3) is 0.273. The van der Waals surface area contributed by atoms with Crippen LogP contribution >= 0.6 is 0 Å². The monoisotopic (exact) mass is 177 g/mol. The Hall–Kier alpha value is -1.44. The summed E-state index contributed by atoms with van der Waals surface area (Å²) in [5.41, 5.74) is 8.40. The zero-order chi connectivity index (χ0) is 9.84. The van der Waals surface area contributed by atoms with Crippen LogP contribution in [0.3, 0.4) is 0 Å². The van der Waals surface area contributed by atoms with Crippen LogP contribution < -0.4 is 5.73 Å². The van der Waals surface area contributed by atoms with Crippen molar-refractivity contribution in [3.05, 3.63) is 35.4 Å². The standard InChI is InChI=1S/C11H15NO/c1-8(2)6-7-9-10(12)4-3-5-11(9)13/h3-6,13H,7,12H2,1-2H3. The van der Waals surface area contributed by atoms with Gasteiger partial charge in [-0.1, -0.05) is 17.7 Å². The molecule has 0 unspecified atom stereocenters. The summed E-state index contributed by atoms with van der Waals surface area (Å²) >= 11 is 0. The van der Waals surface area contributed by atoms with Gasteiger partial charge in [0.25, 0.3) is 0 Å². The summed E-state index contributed by atoms with van der Waals surface area (Å²) in [5.74, 6) is 0.275. The summed E-state index contributed by atoms with van der Waals surface area (Å²) in [6.07, 6.45) is 2.74. The molecule has 0 radical (unpaired) electrons. The van der Waals surface area contributed by atoms with Gasteiger partial charge < -0.3 is 10.8 Å². The molecule has 0 aliphatic heterocycles. The second-order valence-electron chi connectivity index (χ2n) is 3.33. The molecule has 0 saturated heterocycles. The van der Waals surface area contributed by atoms with Crippen LogP contribution in [0, 0.1) is 0 Å². The van der Waals surface area contributed by atoms with Gasteiger partial charge in [-0.05, 0) is 32.4 Å². The number of nitrogen functional groups attached to an aromatic ring is 1. The minimum absolute atomic E-state index is 0.275. The molecule has 1 aromatic rings. The van der Waals surface area contributed by atoms with Crippen molar-refractivity contribution in [1.29, 1.82) is 0 Å². The Bertz CT molecular complexity index is 305. The van der Waals surface area contributed by atoms with Crippen LogP contribution in [0.15, 0.2) is 29.8 Å². The predicted molar refractivity (Wildman–Crippen MR) is 55.7 cm³/mol. The second kappa shape index (κ2) is 3.99. The van der Waals surface area contributed by atoms with Crippen molar-refractivity contribution in [3.8, 4) is 5.75 Å². The lowest BCUT2D eigenvalue weighted by Gasteiger charge is -2.05. The molecule has 0 amide bonds. The number of allylic oxidation sites excluding steroid dienone is 2. The van der Waals surface area contributed by atoms with E-state index in [0.717, 1.165) is 5.56 Å². The van der Waals surface area contributed by atoms with Crippen LogP contribution in [-0.4, -0.2) is 5.11 Å². The third-order valence-corrected chi connectivity index (χ3v) is 1.90. The van der Waals surface area contributed by atoms with Gasteiger partial charge in [-0.25, -0.2) is 0 Å². The first kappa shape index (κ1) is 9.65. The van der Waals surface area contributed by atoms with E-state index in [9.17, 15) is 5.11 Å². The van der Waals surface area contributed by atoms with E-state index >= 15 is 0 Å². The van der Waals surface area contributed by atoms with E-state index in [0.29, 0.717) is 12.1 Å². The molecule has 1 aromatic carbocycles. The first-order chi connectivity index (χ1) is 6.11. The predicted octanol–water partition coefficient (Wildman–Crippen LogP) is 2.48. The molecule has 0 aliphatic carbocycles. The highest BCUT2D eigenvalue weighted by Gasteiger charge is 2.02. The minimum Gasteiger partial charge on any atom is -0.508 e. The number of aromatic hydroxyl groups is 1. The molecule has 3 N–H and O–H groups in total. The molecular formula is C11H15NO. The quantitative estimate of drug-likeness (QED) is 0.538. The Morgan fingerprint density at radius 3 is 2.69 bits per heavy atom.